The first kappa shape index (κ1) is 15.3. The molecule has 4 rings (SSSR count). The van der Waals surface area contributed by atoms with Gasteiger partial charge in [0.2, 0.25) is 0 Å². The molecule has 2 aliphatic rings. The minimum atomic E-state index is -0.638. The second-order valence-corrected chi connectivity index (χ2v) is 6.62. The molecule has 0 unspecified atom stereocenters. The lowest BCUT2D eigenvalue weighted by Gasteiger charge is -2.21. The molecule has 4 nitrogen and oxygen atoms in total. The topological polar surface area (TPSA) is 46.1 Å². The molecule has 0 saturated carbocycles. The molecule has 2 aliphatic heterocycles. The van der Waals surface area contributed by atoms with Gasteiger partial charge in [0.25, 0.3) is 5.91 Å². The van der Waals surface area contributed by atoms with Crippen molar-refractivity contribution in [3.8, 4) is 11.3 Å². The van der Waals surface area contributed by atoms with Gasteiger partial charge in [0.1, 0.15) is 17.3 Å². The molecule has 0 spiro atoms. The number of halogens is 2. The molecular weight excluding hydrogens is 312 g/mol. The number of benzene rings is 1. The maximum atomic E-state index is 14.0. The summed E-state index contributed by atoms with van der Waals surface area (Å²) in [6, 6.07) is 7.90. The Morgan fingerprint density at radius 3 is 2.58 bits per heavy atom. The van der Waals surface area contributed by atoms with E-state index >= 15 is 0 Å². The van der Waals surface area contributed by atoms with E-state index in [1.54, 1.807) is 19.2 Å². The molecule has 126 valence electrons. The van der Waals surface area contributed by atoms with Crippen LogP contribution in [-0.4, -0.2) is 28.6 Å². The first-order valence-corrected chi connectivity index (χ1v) is 8.21. The zero-order chi connectivity index (χ0) is 16.8. The van der Waals surface area contributed by atoms with Crippen molar-refractivity contribution in [3.63, 3.8) is 0 Å². The summed E-state index contributed by atoms with van der Waals surface area (Å²) in [5.74, 6) is -1.49. The highest BCUT2D eigenvalue weighted by Gasteiger charge is 2.39. The van der Waals surface area contributed by atoms with E-state index in [4.69, 9.17) is 0 Å². The lowest BCUT2D eigenvalue weighted by molar-refractivity contribution is 0.0923. The Bertz CT molecular complexity index is 781. The number of hydrogen-bond acceptors (Lipinski definition) is 2. The van der Waals surface area contributed by atoms with E-state index in [9.17, 15) is 13.6 Å². The Morgan fingerprint density at radius 1 is 1.21 bits per heavy atom. The fourth-order valence-electron chi connectivity index (χ4n) is 3.96. The highest BCUT2D eigenvalue weighted by molar-refractivity contribution is 5.94. The van der Waals surface area contributed by atoms with Gasteiger partial charge in [-0.05, 0) is 43.5 Å². The smallest absolute Gasteiger partial charge is 0.268 e. The van der Waals surface area contributed by atoms with Gasteiger partial charge < -0.3 is 15.2 Å². The third-order valence-corrected chi connectivity index (χ3v) is 5.19. The molecule has 2 N–H and O–H groups in total. The van der Waals surface area contributed by atoms with Gasteiger partial charge in [-0.3, -0.25) is 4.79 Å². The summed E-state index contributed by atoms with van der Waals surface area (Å²) < 4.78 is 29.5. The Kier molecular flexibility index (Phi) is 3.64. The normalized spacial score (nSPS) is 25.2. The quantitative estimate of drug-likeness (QED) is 0.908. The van der Waals surface area contributed by atoms with E-state index in [1.165, 1.54) is 22.8 Å². The third-order valence-electron chi connectivity index (χ3n) is 5.19. The van der Waals surface area contributed by atoms with Crippen LogP contribution in [0.15, 0.2) is 30.3 Å². The maximum absolute atomic E-state index is 14.0. The monoisotopic (exact) mass is 331 g/mol. The number of rotatable bonds is 3. The first-order chi connectivity index (χ1) is 11.5. The molecule has 0 aliphatic carbocycles. The van der Waals surface area contributed by atoms with Crippen molar-refractivity contribution in [2.45, 2.75) is 37.4 Å². The van der Waals surface area contributed by atoms with Crippen molar-refractivity contribution >= 4 is 5.91 Å². The summed E-state index contributed by atoms with van der Waals surface area (Å²) in [6.07, 6.45) is 3.18. The third kappa shape index (κ3) is 2.41. The molecule has 0 radical (unpaired) electrons. The molecule has 2 bridgehead atoms. The van der Waals surface area contributed by atoms with Gasteiger partial charge in [-0.15, -0.1) is 0 Å². The standard InChI is InChI=1S/C18H19F2N3O/c1-23-15(17-11(19)3-2-4-12(17)20)7-8-16(23)18(24)22-14-9-10-5-6-13(14)21-10/h2-4,7-8,10,13-14,21H,5-6,9H2,1H3,(H,22,24)/t10-,13+,14-/m1/s1. The second kappa shape index (κ2) is 5.70. The van der Waals surface area contributed by atoms with Crippen LogP contribution in [0.5, 0.6) is 0 Å². The predicted octanol–water partition coefficient (Wildman–Crippen LogP) is 2.59. The molecule has 3 atom stereocenters. The second-order valence-electron chi connectivity index (χ2n) is 6.62. The minimum absolute atomic E-state index is 0.111. The number of hydrogen-bond donors (Lipinski definition) is 2. The molecule has 1 amide bonds. The summed E-state index contributed by atoms with van der Waals surface area (Å²) in [4.78, 5) is 12.6. The average molecular weight is 331 g/mol. The van der Waals surface area contributed by atoms with Gasteiger partial charge >= 0.3 is 0 Å². The van der Waals surface area contributed by atoms with Crippen LogP contribution in [0.4, 0.5) is 8.78 Å². The number of nitrogens with one attached hydrogen (secondary N) is 2. The number of nitrogens with zero attached hydrogens (tertiary/aromatic N) is 1. The van der Waals surface area contributed by atoms with Crippen molar-refractivity contribution in [1.29, 1.82) is 0 Å². The molecule has 3 heterocycles. The predicted molar refractivity (Wildman–Crippen MR) is 86.6 cm³/mol. The van der Waals surface area contributed by atoms with Gasteiger partial charge in [0.15, 0.2) is 0 Å². The number of aromatic nitrogens is 1. The molecule has 24 heavy (non-hydrogen) atoms. The molecule has 1 aromatic heterocycles. The summed E-state index contributed by atoms with van der Waals surface area (Å²) in [6.45, 7) is 0. The lowest BCUT2D eigenvalue weighted by Crippen LogP contribution is -2.43. The van der Waals surface area contributed by atoms with Crippen LogP contribution < -0.4 is 10.6 Å². The van der Waals surface area contributed by atoms with Gasteiger partial charge in [-0.25, -0.2) is 8.78 Å². The Morgan fingerprint density at radius 2 is 1.96 bits per heavy atom. The van der Waals surface area contributed by atoms with Crippen LogP contribution in [0.1, 0.15) is 29.8 Å². The van der Waals surface area contributed by atoms with E-state index in [0.29, 0.717) is 23.5 Å². The fraction of sp³-hybridized carbons (Fsp3) is 0.389. The van der Waals surface area contributed by atoms with Gasteiger partial charge in [-0.1, -0.05) is 6.07 Å². The SMILES string of the molecule is Cn1c(C(=O)N[C@@H]2C[C@H]3CC[C@@H]2N3)ccc1-c1c(F)cccc1F. The Hall–Kier alpha value is -2.21. The highest BCUT2D eigenvalue weighted by Crippen LogP contribution is 2.30. The summed E-state index contributed by atoms with van der Waals surface area (Å²) >= 11 is 0. The molecule has 2 saturated heterocycles. The summed E-state index contributed by atoms with van der Waals surface area (Å²) in [5, 5.41) is 6.53. The molecule has 1 aromatic carbocycles. The van der Waals surface area contributed by atoms with E-state index in [-0.39, 0.29) is 17.5 Å². The Balaban J connectivity index is 1.59. The summed E-state index contributed by atoms with van der Waals surface area (Å²) in [5.41, 5.74) is 0.637. The van der Waals surface area contributed by atoms with E-state index in [1.807, 2.05) is 0 Å². The molecule has 2 aromatic rings. The van der Waals surface area contributed by atoms with Crippen LogP contribution in [0, 0.1) is 11.6 Å². The van der Waals surface area contributed by atoms with Gasteiger partial charge in [0.05, 0.1) is 11.3 Å². The fourth-order valence-corrected chi connectivity index (χ4v) is 3.96. The first-order valence-electron chi connectivity index (χ1n) is 8.21. The number of carbonyl (C=O) groups is 1. The lowest BCUT2D eigenvalue weighted by atomic mass is 9.95. The highest BCUT2D eigenvalue weighted by atomic mass is 19.1. The molecule has 2 fully saturated rings. The van der Waals surface area contributed by atoms with Crippen LogP contribution in [0.3, 0.4) is 0 Å². The summed E-state index contributed by atoms with van der Waals surface area (Å²) in [7, 11) is 1.65. The van der Waals surface area contributed by atoms with Crippen LogP contribution in [0.2, 0.25) is 0 Å². The van der Waals surface area contributed by atoms with E-state index in [0.717, 1.165) is 19.3 Å². The van der Waals surface area contributed by atoms with Crippen LogP contribution in [-0.2, 0) is 7.05 Å². The number of amides is 1. The van der Waals surface area contributed by atoms with Gasteiger partial charge in [-0.2, -0.15) is 0 Å². The largest absolute Gasteiger partial charge is 0.346 e. The van der Waals surface area contributed by atoms with E-state index < -0.39 is 11.6 Å². The van der Waals surface area contributed by atoms with Crippen LogP contribution >= 0.6 is 0 Å². The van der Waals surface area contributed by atoms with Crippen molar-refractivity contribution in [2.24, 2.45) is 7.05 Å². The zero-order valence-corrected chi connectivity index (χ0v) is 13.4. The molecular formula is C18H19F2N3O. The minimum Gasteiger partial charge on any atom is -0.346 e. The zero-order valence-electron chi connectivity index (χ0n) is 13.4. The van der Waals surface area contributed by atoms with Crippen LogP contribution in [0.25, 0.3) is 11.3 Å². The van der Waals surface area contributed by atoms with E-state index in [2.05, 4.69) is 10.6 Å². The average Bonchev–Trinajstić information content (AvgIpc) is 3.23. The number of fused-ring (bicyclic) bond motifs is 2. The molecule has 6 heteroatoms. The Labute approximate surface area is 138 Å². The van der Waals surface area contributed by atoms with Crippen molar-refractivity contribution in [3.05, 3.63) is 47.7 Å². The van der Waals surface area contributed by atoms with Crippen molar-refractivity contribution in [2.75, 3.05) is 0 Å². The van der Waals surface area contributed by atoms with Crippen molar-refractivity contribution in [1.82, 2.24) is 15.2 Å². The van der Waals surface area contributed by atoms with Crippen molar-refractivity contribution < 1.29 is 13.6 Å². The maximum Gasteiger partial charge on any atom is 0.268 e. The van der Waals surface area contributed by atoms with Gasteiger partial charge in [0, 0.05) is 25.2 Å². The number of carbonyl (C=O) groups excluding carboxylic acids is 1.